The van der Waals surface area contributed by atoms with Crippen molar-refractivity contribution in [3.05, 3.63) is 53.5 Å². The van der Waals surface area contributed by atoms with Crippen molar-refractivity contribution in [2.45, 2.75) is 18.7 Å². The lowest BCUT2D eigenvalue weighted by atomic mass is 10.1. The summed E-state index contributed by atoms with van der Waals surface area (Å²) in [7, 11) is 1.66. The molecule has 1 unspecified atom stereocenters. The Hall–Kier alpha value is -1.41. The van der Waals surface area contributed by atoms with E-state index < -0.39 is 0 Å². The van der Waals surface area contributed by atoms with Crippen LogP contribution in [0, 0.1) is 6.92 Å². The van der Waals surface area contributed by atoms with Crippen LogP contribution >= 0.6 is 11.6 Å². The zero-order valence-electron chi connectivity index (χ0n) is 9.94. The Bertz CT molecular complexity index is 473. The molecule has 0 aliphatic heterocycles. The van der Waals surface area contributed by atoms with Crippen LogP contribution in [0.1, 0.15) is 22.3 Å². The van der Waals surface area contributed by atoms with E-state index in [9.17, 15) is 0 Å². The minimum atomic E-state index is -0.126. The van der Waals surface area contributed by atoms with Crippen LogP contribution < -0.4 is 4.74 Å². The first kappa shape index (κ1) is 12.1. The first-order valence-corrected chi connectivity index (χ1v) is 5.95. The van der Waals surface area contributed by atoms with E-state index in [0.29, 0.717) is 0 Å². The smallest absolute Gasteiger partial charge is 0.124 e. The van der Waals surface area contributed by atoms with Crippen molar-refractivity contribution in [3.63, 3.8) is 0 Å². The number of rotatable bonds is 4. The van der Waals surface area contributed by atoms with Crippen LogP contribution in [0.15, 0.2) is 41.0 Å². The summed E-state index contributed by atoms with van der Waals surface area (Å²) in [6.07, 6.45) is 2.42. The monoisotopic (exact) mass is 250 g/mol. The molecule has 2 rings (SSSR count). The van der Waals surface area contributed by atoms with E-state index in [1.54, 1.807) is 13.4 Å². The summed E-state index contributed by atoms with van der Waals surface area (Å²) in [5.41, 5.74) is 2.26. The fourth-order valence-electron chi connectivity index (χ4n) is 1.77. The third kappa shape index (κ3) is 2.83. The lowest BCUT2D eigenvalue weighted by Crippen LogP contribution is -1.96. The minimum absolute atomic E-state index is 0.126. The summed E-state index contributed by atoms with van der Waals surface area (Å²) < 4.78 is 10.5. The summed E-state index contributed by atoms with van der Waals surface area (Å²) in [5.74, 6) is 1.71. The molecule has 2 aromatic rings. The van der Waals surface area contributed by atoms with Gasteiger partial charge in [-0.3, -0.25) is 0 Å². The largest absolute Gasteiger partial charge is 0.497 e. The Morgan fingerprint density at radius 2 is 1.94 bits per heavy atom. The number of aryl methyl sites for hydroxylation is 1. The van der Waals surface area contributed by atoms with Crippen molar-refractivity contribution in [2.24, 2.45) is 0 Å². The fourth-order valence-corrected chi connectivity index (χ4v) is 2.17. The zero-order valence-corrected chi connectivity index (χ0v) is 10.7. The van der Waals surface area contributed by atoms with E-state index in [4.69, 9.17) is 20.8 Å². The molecular formula is C14H15ClO2. The van der Waals surface area contributed by atoms with Crippen molar-refractivity contribution in [1.82, 2.24) is 0 Å². The van der Waals surface area contributed by atoms with E-state index in [1.165, 1.54) is 5.56 Å². The molecule has 90 valence electrons. The van der Waals surface area contributed by atoms with Crippen LogP contribution in [0.25, 0.3) is 0 Å². The molecule has 1 atom stereocenters. The van der Waals surface area contributed by atoms with Gasteiger partial charge in [0.15, 0.2) is 0 Å². The molecule has 0 bridgehead atoms. The molecular weight excluding hydrogens is 236 g/mol. The molecule has 0 radical (unpaired) electrons. The van der Waals surface area contributed by atoms with Crippen molar-refractivity contribution >= 4 is 11.6 Å². The van der Waals surface area contributed by atoms with Crippen molar-refractivity contribution in [3.8, 4) is 5.75 Å². The highest BCUT2D eigenvalue weighted by atomic mass is 35.5. The highest BCUT2D eigenvalue weighted by Crippen LogP contribution is 2.28. The summed E-state index contributed by atoms with van der Waals surface area (Å²) in [6, 6.07) is 9.85. The number of hydrogen-bond acceptors (Lipinski definition) is 2. The van der Waals surface area contributed by atoms with E-state index in [0.717, 1.165) is 23.5 Å². The lowest BCUT2D eigenvalue weighted by Gasteiger charge is -2.08. The summed E-state index contributed by atoms with van der Waals surface area (Å²) in [5, 5.41) is -0.126. The maximum absolute atomic E-state index is 6.34. The Morgan fingerprint density at radius 3 is 2.47 bits per heavy atom. The van der Waals surface area contributed by atoms with E-state index in [1.807, 2.05) is 37.3 Å². The predicted molar refractivity (Wildman–Crippen MR) is 68.7 cm³/mol. The fraction of sp³-hybridized carbons (Fsp3) is 0.286. The molecule has 0 saturated carbocycles. The van der Waals surface area contributed by atoms with Gasteiger partial charge in [-0.2, -0.15) is 0 Å². The second kappa shape index (κ2) is 5.28. The molecule has 0 fully saturated rings. The Morgan fingerprint density at radius 1 is 1.24 bits per heavy atom. The number of hydrogen-bond donors (Lipinski definition) is 0. The molecule has 1 heterocycles. The average molecular weight is 251 g/mol. The molecule has 0 aliphatic rings. The van der Waals surface area contributed by atoms with Crippen molar-refractivity contribution in [1.29, 1.82) is 0 Å². The van der Waals surface area contributed by atoms with Crippen LogP contribution in [0.5, 0.6) is 5.75 Å². The van der Waals surface area contributed by atoms with Gasteiger partial charge in [0.05, 0.1) is 18.8 Å². The molecule has 2 nitrogen and oxygen atoms in total. The highest BCUT2D eigenvalue weighted by molar-refractivity contribution is 6.20. The Kier molecular flexibility index (Phi) is 3.75. The van der Waals surface area contributed by atoms with Gasteiger partial charge in [-0.15, -0.1) is 11.6 Å². The van der Waals surface area contributed by atoms with Gasteiger partial charge in [0, 0.05) is 0 Å². The van der Waals surface area contributed by atoms with Crippen LogP contribution in [-0.2, 0) is 6.42 Å². The molecule has 0 spiro atoms. The Labute approximate surface area is 106 Å². The first-order valence-electron chi connectivity index (χ1n) is 5.51. The molecule has 1 aromatic carbocycles. The number of benzene rings is 1. The maximum atomic E-state index is 6.34. The molecule has 0 amide bonds. The van der Waals surface area contributed by atoms with Gasteiger partial charge in [-0.25, -0.2) is 0 Å². The predicted octanol–water partition coefficient (Wildman–Crippen LogP) is 4.12. The molecule has 1 aromatic heterocycles. The third-order valence-corrected chi connectivity index (χ3v) is 3.11. The minimum Gasteiger partial charge on any atom is -0.497 e. The maximum Gasteiger partial charge on any atom is 0.124 e. The number of halogens is 1. The number of alkyl halides is 1. The normalized spacial score (nSPS) is 12.4. The van der Waals surface area contributed by atoms with Crippen LogP contribution in [0.4, 0.5) is 0 Å². The average Bonchev–Trinajstić information content (AvgIpc) is 2.76. The van der Waals surface area contributed by atoms with Gasteiger partial charge in [0.2, 0.25) is 0 Å². The van der Waals surface area contributed by atoms with Crippen molar-refractivity contribution in [2.75, 3.05) is 7.11 Å². The quantitative estimate of drug-likeness (QED) is 0.762. The molecule has 0 aliphatic carbocycles. The summed E-state index contributed by atoms with van der Waals surface area (Å²) in [6.45, 7) is 2.00. The second-order valence-electron chi connectivity index (χ2n) is 3.99. The van der Waals surface area contributed by atoms with E-state index >= 15 is 0 Å². The molecule has 0 N–H and O–H groups in total. The summed E-state index contributed by atoms with van der Waals surface area (Å²) >= 11 is 6.34. The van der Waals surface area contributed by atoms with Crippen LogP contribution in [0.2, 0.25) is 0 Å². The van der Waals surface area contributed by atoms with Gasteiger partial charge < -0.3 is 9.15 Å². The highest BCUT2D eigenvalue weighted by Gasteiger charge is 2.14. The SMILES string of the molecule is COc1ccc(CC(Cl)c2occc2C)cc1. The van der Waals surface area contributed by atoms with Crippen LogP contribution in [0.3, 0.4) is 0 Å². The van der Waals surface area contributed by atoms with Gasteiger partial charge >= 0.3 is 0 Å². The van der Waals surface area contributed by atoms with Crippen molar-refractivity contribution < 1.29 is 9.15 Å². The molecule has 3 heteroatoms. The van der Waals surface area contributed by atoms with Gasteiger partial charge in [-0.05, 0) is 42.7 Å². The van der Waals surface area contributed by atoms with E-state index in [-0.39, 0.29) is 5.38 Å². The van der Waals surface area contributed by atoms with E-state index in [2.05, 4.69) is 0 Å². The van der Waals surface area contributed by atoms with Crippen LogP contribution in [-0.4, -0.2) is 7.11 Å². The standard InChI is InChI=1S/C14H15ClO2/c1-10-7-8-17-14(10)13(15)9-11-3-5-12(16-2)6-4-11/h3-8,13H,9H2,1-2H3. The zero-order chi connectivity index (χ0) is 12.3. The first-order chi connectivity index (χ1) is 8.20. The Balaban J connectivity index is 2.07. The topological polar surface area (TPSA) is 22.4 Å². The lowest BCUT2D eigenvalue weighted by molar-refractivity contribution is 0.414. The number of furan rings is 1. The van der Waals surface area contributed by atoms with Gasteiger partial charge in [0.1, 0.15) is 11.5 Å². The van der Waals surface area contributed by atoms with Gasteiger partial charge in [-0.1, -0.05) is 12.1 Å². The molecule has 0 saturated heterocycles. The third-order valence-electron chi connectivity index (χ3n) is 2.76. The number of ether oxygens (including phenoxy) is 1. The van der Waals surface area contributed by atoms with Gasteiger partial charge in [0.25, 0.3) is 0 Å². The summed E-state index contributed by atoms with van der Waals surface area (Å²) in [4.78, 5) is 0. The second-order valence-corrected chi connectivity index (χ2v) is 4.51. The molecule has 17 heavy (non-hydrogen) atoms. The number of methoxy groups -OCH3 is 1.